The van der Waals surface area contributed by atoms with E-state index in [2.05, 4.69) is 15.6 Å². The Morgan fingerprint density at radius 1 is 1.12 bits per heavy atom. The van der Waals surface area contributed by atoms with Crippen molar-refractivity contribution in [2.24, 2.45) is 0 Å². The highest BCUT2D eigenvalue weighted by Crippen LogP contribution is 2.26. The highest BCUT2D eigenvalue weighted by Gasteiger charge is 2.46. The van der Waals surface area contributed by atoms with E-state index in [0.717, 1.165) is 22.5 Å². The van der Waals surface area contributed by atoms with Gasteiger partial charge in [0, 0.05) is 36.1 Å². The minimum Gasteiger partial charge on any atom is -0.361 e. The zero-order chi connectivity index (χ0) is 22.4. The SMILES string of the molecule is O=C(N[C@H]1C[C@H]2C(=O)N[C@@H](Cc3c[nH]c4ccccc34)C(=O)N2C1)c1cccc(F)c1F. The number of rotatable bonds is 4. The lowest BCUT2D eigenvalue weighted by Gasteiger charge is -2.34. The molecule has 0 bridgehead atoms. The average Bonchev–Trinajstić information content (AvgIpc) is 3.39. The largest absolute Gasteiger partial charge is 0.361 e. The number of nitrogens with zero attached hydrogens (tertiary/aromatic N) is 1. The van der Waals surface area contributed by atoms with Crippen molar-refractivity contribution >= 4 is 28.6 Å². The molecular weight excluding hydrogens is 418 g/mol. The van der Waals surface area contributed by atoms with E-state index >= 15 is 0 Å². The number of piperazine rings is 1. The van der Waals surface area contributed by atoms with Crippen LogP contribution in [0.25, 0.3) is 10.9 Å². The molecule has 0 saturated carbocycles. The molecule has 0 unspecified atom stereocenters. The van der Waals surface area contributed by atoms with E-state index in [-0.39, 0.29) is 24.8 Å². The number of para-hydroxylation sites is 1. The molecule has 0 radical (unpaired) electrons. The van der Waals surface area contributed by atoms with Crippen LogP contribution in [-0.4, -0.2) is 52.3 Å². The molecule has 2 aliphatic heterocycles. The smallest absolute Gasteiger partial charge is 0.254 e. The maximum Gasteiger partial charge on any atom is 0.254 e. The summed E-state index contributed by atoms with van der Waals surface area (Å²) in [6, 6.07) is 9.11. The van der Waals surface area contributed by atoms with Crippen LogP contribution in [0.4, 0.5) is 8.78 Å². The van der Waals surface area contributed by atoms with Crippen LogP contribution < -0.4 is 10.6 Å². The standard InChI is InChI=1S/C23H20F2N4O3/c24-16-6-3-5-15(20(16)25)21(30)27-13-9-19-22(31)28-18(23(32)29(19)11-13)8-12-10-26-17-7-2-1-4-14(12)17/h1-7,10,13,18-19,26H,8-9,11H2,(H,27,30)(H,28,31)/t13-,18-,19-/m0/s1. The number of aromatic amines is 1. The first-order chi connectivity index (χ1) is 15.4. The molecule has 7 nitrogen and oxygen atoms in total. The Hall–Kier alpha value is -3.75. The van der Waals surface area contributed by atoms with Crippen molar-refractivity contribution in [3.8, 4) is 0 Å². The van der Waals surface area contributed by atoms with Crippen molar-refractivity contribution in [2.45, 2.75) is 31.0 Å². The van der Waals surface area contributed by atoms with E-state index < -0.39 is 41.2 Å². The number of halogens is 2. The number of hydrogen-bond donors (Lipinski definition) is 3. The summed E-state index contributed by atoms with van der Waals surface area (Å²) in [6.45, 7) is 0.129. The molecule has 3 N–H and O–H groups in total. The van der Waals surface area contributed by atoms with Crippen LogP contribution in [-0.2, 0) is 16.0 Å². The van der Waals surface area contributed by atoms with Gasteiger partial charge in [0.1, 0.15) is 12.1 Å². The molecule has 1 aromatic heterocycles. The Kier molecular flexibility index (Phi) is 4.88. The first kappa shape index (κ1) is 20.2. The van der Waals surface area contributed by atoms with Gasteiger partial charge in [-0.2, -0.15) is 0 Å². The lowest BCUT2D eigenvalue weighted by molar-refractivity contribution is -0.146. The minimum atomic E-state index is -1.23. The predicted octanol–water partition coefficient (Wildman–Crippen LogP) is 1.89. The quantitative estimate of drug-likeness (QED) is 0.581. The van der Waals surface area contributed by atoms with Crippen molar-refractivity contribution in [2.75, 3.05) is 6.54 Å². The fraction of sp³-hybridized carbons (Fsp3) is 0.261. The molecule has 2 aliphatic rings. The van der Waals surface area contributed by atoms with Gasteiger partial charge in [-0.25, -0.2) is 8.78 Å². The summed E-state index contributed by atoms with van der Waals surface area (Å²) in [6.07, 6.45) is 2.38. The first-order valence-corrected chi connectivity index (χ1v) is 10.3. The topological polar surface area (TPSA) is 94.3 Å². The number of benzene rings is 2. The highest BCUT2D eigenvalue weighted by molar-refractivity contribution is 5.99. The van der Waals surface area contributed by atoms with Gasteiger partial charge >= 0.3 is 0 Å². The molecule has 2 fully saturated rings. The molecule has 3 amide bonds. The van der Waals surface area contributed by atoms with Crippen molar-refractivity contribution < 1.29 is 23.2 Å². The van der Waals surface area contributed by atoms with Gasteiger partial charge in [-0.15, -0.1) is 0 Å². The summed E-state index contributed by atoms with van der Waals surface area (Å²) in [5.41, 5.74) is 1.45. The summed E-state index contributed by atoms with van der Waals surface area (Å²) in [5.74, 6) is -3.64. The molecule has 9 heteroatoms. The van der Waals surface area contributed by atoms with Crippen LogP contribution in [0, 0.1) is 11.6 Å². The van der Waals surface area contributed by atoms with E-state index in [1.807, 2.05) is 30.5 Å². The van der Waals surface area contributed by atoms with E-state index in [0.29, 0.717) is 6.42 Å². The molecule has 3 heterocycles. The van der Waals surface area contributed by atoms with Gasteiger partial charge in [0.15, 0.2) is 11.6 Å². The molecule has 3 atom stereocenters. The predicted molar refractivity (Wildman–Crippen MR) is 112 cm³/mol. The molecule has 0 aliphatic carbocycles. The van der Waals surface area contributed by atoms with E-state index in [4.69, 9.17) is 0 Å². The number of aromatic nitrogens is 1. The van der Waals surface area contributed by atoms with Crippen LogP contribution >= 0.6 is 0 Å². The van der Waals surface area contributed by atoms with Crippen molar-refractivity contribution in [1.82, 2.24) is 20.5 Å². The maximum absolute atomic E-state index is 13.9. The number of hydrogen-bond acceptors (Lipinski definition) is 3. The molecule has 164 valence electrons. The van der Waals surface area contributed by atoms with Gasteiger partial charge in [0.05, 0.1) is 5.56 Å². The summed E-state index contributed by atoms with van der Waals surface area (Å²) in [7, 11) is 0. The van der Waals surface area contributed by atoms with Crippen LogP contribution in [0.2, 0.25) is 0 Å². The highest BCUT2D eigenvalue weighted by atomic mass is 19.2. The molecule has 32 heavy (non-hydrogen) atoms. The van der Waals surface area contributed by atoms with Gasteiger partial charge in [-0.3, -0.25) is 14.4 Å². The van der Waals surface area contributed by atoms with Gasteiger partial charge < -0.3 is 20.5 Å². The molecule has 2 aromatic carbocycles. The number of H-pyrrole nitrogens is 1. The fourth-order valence-electron chi connectivity index (χ4n) is 4.56. The molecule has 0 spiro atoms. The average molecular weight is 438 g/mol. The van der Waals surface area contributed by atoms with Gasteiger partial charge in [-0.05, 0) is 30.2 Å². The monoisotopic (exact) mass is 438 g/mol. The third-order valence-corrected chi connectivity index (χ3v) is 6.13. The lowest BCUT2D eigenvalue weighted by Crippen LogP contribution is -2.61. The number of amides is 3. The number of fused-ring (bicyclic) bond motifs is 2. The number of nitrogens with one attached hydrogen (secondary N) is 3. The number of carbonyl (C=O) groups excluding carboxylic acids is 3. The second-order valence-electron chi connectivity index (χ2n) is 8.14. The van der Waals surface area contributed by atoms with E-state index in [1.54, 1.807) is 0 Å². The van der Waals surface area contributed by atoms with Gasteiger partial charge in [0.2, 0.25) is 11.8 Å². The summed E-state index contributed by atoms with van der Waals surface area (Å²) in [5, 5.41) is 6.40. The van der Waals surface area contributed by atoms with Crippen LogP contribution in [0.1, 0.15) is 22.3 Å². The minimum absolute atomic E-state index is 0.129. The summed E-state index contributed by atoms with van der Waals surface area (Å²) in [4.78, 5) is 42.8. The third-order valence-electron chi connectivity index (χ3n) is 6.13. The molecule has 3 aromatic rings. The van der Waals surface area contributed by atoms with Gasteiger partial charge in [0.25, 0.3) is 5.91 Å². The van der Waals surface area contributed by atoms with Crippen molar-refractivity contribution in [1.29, 1.82) is 0 Å². The van der Waals surface area contributed by atoms with Crippen LogP contribution in [0.3, 0.4) is 0 Å². The maximum atomic E-state index is 13.9. The normalized spacial score (nSPS) is 22.7. The Morgan fingerprint density at radius 3 is 2.78 bits per heavy atom. The van der Waals surface area contributed by atoms with E-state index in [9.17, 15) is 23.2 Å². The van der Waals surface area contributed by atoms with Crippen LogP contribution in [0.5, 0.6) is 0 Å². The molecular formula is C23H20F2N4O3. The van der Waals surface area contributed by atoms with Gasteiger partial charge in [-0.1, -0.05) is 24.3 Å². The first-order valence-electron chi connectivity index (χ1n) is 10.3. The third kappa shape index (κ3) is 3.39. The summed E-state index contributed by atoms with van der Waals surface area (Å²) < 4.78 is 27.4. The summed E-state index contributed by atoms with van der Waals surface area (Å²) >= 11 is 0. The zero-order valence-electron chi connectivity index (χ0n) is 16.9. The van der Waals surface area contributed by atoms with Crippen molar-refractivity contribution in [3.63, 3.8) is 0 Å². The lowest BCUT2D eigenvalue weighted by atomic mass is 10.0. The second-order valence-corrected chi connectivity index (χ2v) is 8.14. The van der Waals surface area contributed by atoms with E-state index in [1.165, 1.54) is 17.0 Å². The molecule has 5 rings (SSSR count). The Bertz CT molecular complexity index is 1240. The zero-order valence-corrected chi connectivity index (χ0v) is 16.9. The Labute approximate surface area is 181 Å². The van der Waals surface area contributed by atoms with Crippen molar-refractivity contribution in [3.05, 3.63) is 71.4 Å². The molecule has 2 saturated heterocycles. The number of carbonyl (C=O) groups is 3. The second kappa shape index (κ2) is 7.74. The fourth-order valence-corrected chi connectivity index (χ4v) is 4.56. The van der Waals surface area contributed by atoms with Crippen LogP contribution in [0.15, 0.2) is 48.7 Å². The Morgan fingerprint density at radius 2 is 1.94 bits per heavy atom. The Balaban J connectivity index is 1.30.